The summed E-state index contributed by atoms with van der Waals surface area (Å²) in [4.78, 5) is 23.6. The molecule has 19 heavy (non-hydrogen) atoms. The maximum absolute atomic E-state index is 11.8. The van der Waals surface area contributed by atoms with E-state index in [0.29, 0.717) is 19.8 Å². The van der Waals surface area contributed by atoms with Gasteiger partial charge in [-0.1, -0.05) is 26.7 Å². The normalized spacial score (nSPS) is 10.5. The van der Waals surface area contributed by atoms with Crippen LogP contribution in [0.4, 0.5) is 0 Å². The molecule has 0 aliphatic rings. The summed E-state index contributed by atoms with van der Waals surface area (Å²) in [5, 5.41) is 0. The minimum absolute atomic E-state index is 0.0203. The van der Waals surface area contributed by atoms with Gasteiger partial charge in [0.2, 0.25) is 0 Å². The molecular weight excluding hydrogens is 248 g/mol. The molecule has 0 bridgehead atoms. The molecule has 0 atom stereocenters. The molecule has 0 aromatic carbocycles. The van der Waals surface area contributed by atoms with Gasteiger partial charge in [0.05, 0.1) is 19.8 Å². The second-order valence-corrected chi connectivity index (χ2v) is 4.25. The number of carbonyl (C=O) groups excluding carboxylic acids is 2. The molecule has 0 saturated heterocycles. The van der Waals surface area contributed by atoms with E-state index in [4.69, 9.17) is 14.2 Å². The lowest BCUT2D eigenvalue weighted by atomic mass is 10.1. The lowest BCUT2D eigenvalue weighted by molar-refractivity contribution is -0.165. The van der Waals surface area contributed by atoms with Crippen LogP contribution in [0.3, 0.4) is 0 Å². The highest BCUT2D eigenvalue weighted by molar-refractivity contribution is 5.95. The zero-order valence-corrected chi connectivity index (χ0v) is 12.3. The lowest BCUT2D eigenvalue weighted by Gasteiger charge is -2.15. The van der Waals surface area contributed by atoms with Gasteiger partial charge in [-0.3, -0.25) is 9.59 Å². The van der Waals surface area contributed by atoms with E-state index in [9.17, 15) is 9.59 Å². The Labute approximate surface area is 115 Å². The van der Waals surface area contributed by atoms with Crippen LogP contribution in [0, 0.1) is 5.92 Å². The van der Waals surface area contributed by atoms with Gasteiger partial charge in [0.15, 0.2) is 5.92 Å². The standard InChI is InChI=1S/C14H26O5/c1-4-7-9-18-13(15)12(11-17-6-3)14(16)19-10-8-5-2/h12H,4-11H2,1-3H3. The lowest BCUT2D eigenvalue weighted by Crippen LogP contribution is -2.32. The van der Waals surface area contributed by atoms with Crippen LogP contribution < -0.4 is 0 Å². The van der Waals surface area contributed by atoms with Crippen LogP contribution in [-0.4, -0.2) is 38.4 Å². The Morgan fingerprint density at radius 2 is 1.37 bits per heavy atom. The van der Waals surface area contributed by atoms with Gasteiger partial charge in [0.1, 0.15) is 0 Å². The number of hydrogen-bond donors (Lipinski definition) is 0. The van der Waals surface area contributed by atoms with Gasteiger partial charge in [-0.25, -0.2) is 0 Å². The SMILES string of the molecule is CCCCOC(=O)C(COCC)C(=O)OCCCC. The van der Waals surface area contributed by atoms with Gasteiger partial charge < -0.3 is 14.2 Å². The molecule has 0 saturated carbocycles. The molecule has 5 nitrogen and oxygen atoms in total. The number of rotatable bonds is 11. The Morgan fingerprint density at radius 3 is 1.74 bits per heavy atom. The highest BCUT2D eigenvalue weighted by atomic mass is 16.6. The highest BCUT2D eigenvalue weighted by Gasteiger charge is 2.29. The number of unbranched alkanes of at least 4 members (excludes halogenated alkanes) is 2. The van der Waals surface area contributed by atoms with E-state index >= 15 is 0 Å². The molecule has 0 rings (SSSR count). The third-order valence-corrected chi connectivity index (χ3v) is 2.54. The molecular formula is C14H26O5. The fourth-order valence-corrected chi connectivity index (χ4v) is 1.30. The molecule has 0 aromatic rings. The van der Waals surface area contributed by atoms with Crippen molar-refractivity contribution in [1.82, 2.24) is 0 Å². The fourth-order valence-electron chi connectivity index (χ4n) is 1.30. The van der Waals surface area contributed by atoms with Gasteiger partial charge in [-0.05, 0) is 19.8 Å². The maximum Gasteiger partial charge on any atom is 0.322 e. The fraction of sp³-hybridized carbons (Fsp3) is 0.857. The second kappa shape index (κ2) is 12.0. The maximum atomic E-state index is 11.8. The van der Waals surface area contributed by atoms with Crippen molar-refractivity contribution >= 4 is 11.9 Å². The molecule has 0 radical (unpaired) electrons. The first-order chi connectivity index (χ1) is 9.17. The van der Waals surface area contributed by atoms with Crippen molar-refractivity contribution in [2.75, 3.05) is 26.4 Å². The van der Waals surface area contributed by atoms with Crippen molar-refractivity contribution in [3.05, 3.63) is 0 Å². The van der Waals surface area contributed by atoms with Gasteiger partial charge in [0, 0.05) is 6.61 Å². The molecule has 0 heterocycles. The number of esters is 2. The third kappa shape index (κ3) is 8.59. The molecule has 0 aliphatic heterocycles. The Balaban J connectivity index is 4.25. The minimum atomic E-state index is -0.964. The van der Waals surface area contributed by atoms with Crippen LogP contribution in [0.2, 0.25) is 0 Å². The molecule has 0 N–H and O–H groups in total. The molecule has 0 spiro atoms. The summed E-state index contributed by atoms with van der Waals surface area (Å²) in [6, 6.07) is 0. The van der Waals surface area contributed by atoms with E-state index in [1.807, 2.05) is 20.8 Å². The summed E-state index contributed by atoms with van der Waals surface area (Å²) in [6.07, 6.45) is 3.45. The van der Waals surface area contributed by atoms with Crippen molar-refractivity contribution in [2.24, 2.45) is 5.92 Å². The predicted octanol–water partition coefficient (Wildman–Crippen LogP) is 2.33. The van der Waals surface area contributed by atoms with Crippen molar-refractivity contribution in [1.29, 1.82) is 0 Å². The quantitative estimate of drug-likeness (QED) is 0.329. The predicted molar refractivity (Wildman–Crippen MR) is 71.7 cm³/mol. The number of carbonyl (C=O) groups is 2. The average Bonchev–Trinajstić information content (AvgIpc) is 2.40. The third-order valence-electron chi connectivity index (χ3n) is 2.54. The van der Waals surface area contributed by atoms with E-state index in [2.05, 4.69) is 0 Å². The Bertz CT molecular complexity index is 230. The van der Waals surface area contributed by atoms with Crippen molar-refractivity contribution in [3.8, 4) is 0 Å². The molecule has 0 aromatic heterocycles. The van der Waals surface area contributed by atoms with E-state index in [1.165, 1.54) is 0 Å². The molecule has 112 valence electrons. The summed E-state index contributed by atoms with van der Waals surface area (Å²) in [5.74, 6) is -2.07. The van der Waals surface area contributed by atoms with E-state index in [0.717, 1.165) is 25.7 Å². The van der Waals surface area contributed by atoms with Crippen molar-refractivity contribution in [2.45, 2.75) is 46.5 Å². The summed E-state index contributed by atoms with van der Waals surface area (Å²) < 4.78 is 15.2. The van der Waals surface area contributed by atoms with Crippen LogP contribution in [-0.2, 0) is 23.8 Å². The summed E-state index contributed by atoms with van der Waals surface area (Å²) >= 11 is 0. The smallest absolute Gasteiger partial charge is 0.322 e. The first-order valence-electron chi connectivity index (χ1n) is 7.08. The molecule has 0 unspecified atom stereocenters. The van der Waals surface area contributed by atoms with Gasteiger partial charge in [-0.2, -0.15) is 0 Å². The van der Waals surface area contributed by atoms with Crippen LogP contribution in [0.5, 0.6) is 0 Å². The van der Waals surface area contributed by atoms with Gasteiger partial charge >= 0.3 is 11.9 Å². The van der Waals surface area contributed by atoms with Crippen LogP contribution in [0.15, 0.2) is 0 Å². The number of ether oxygens (including phenoxy) is 3. The summed E-state index contributed by atoms with van der Waals surface area (Å²) in [7, 11) is 0. The van der Waals surface area contributed by atoms with E-state index in [1.54, 1.807) is 0 Å². The van der Waals surface area contributed by atoms with Crippen molar-refractivity contribution in [3.63, 3.8) is 0 Å². The number of hydrogen-bond acceptors (Lipinski definition) is 5. The van der Waals surface area contributed by atoms with Crippen LogP contribution in [0.1, 0.15) is 46.5 Å². The summed E-state index contributed by atoms with van der Waals surface area (Å²) in [6.45, 7) is 6.95. The minimum Gasteiger partial charge on any atom is -0.465 e. The van der Waals surface area contributed by atoms with Gasteiger partial charge in [-0.15, -0.1) is 0 Å². The zero-order valence-electron chi connectivity index (χ0n) is 12.3. The zero-order chi connectivity index (χ0) is 14.5. The van der Waals surface area contributed by atoms with Crippen LogP contribution in [0.25, 0.3) is 0 Å². The summed E-state index contributed by atoms with van der Waals surface area (Å²) in [5.41, 5.74) is 0. The molecule has 0 amide bonds. The first kappa shape index (κ1) is 17.9. The largest absolute Gasteiger partial charge is 0.465 e. The monoisotopic (exact) mass is 274 g/mol. The molecule has 5 heteroatoms. The van der Waals surface area contributed by atoms with Crippen LogP contribution >= 0.6 is 0 Å². The Morgan fingerprint density at radius 1 is 0.895 bits per heavy atom. The highest BCUT2D eigenvalue weighted by Crippen LogP contribution is 2.06. The molecule has 0 aliphatic carbocycles. The average molecular weight is 274 g/mol. The van der Waals surface area contributed by atoms with E-state index in [-0.39, 0.29) is 6.61 Å². The van der Waals surface area contributed by atoms with Gasteiger partial charge in [0.25, 0.3) is 0 Å². The first-order valence-corrected chi connectivity index (χ1v) is 7.08. The Kier molecular flexibility index (Phi) is 11.3. The topological polar surface area (TPSA) is 61.8 Å². The van der Waals surface area contributed by atoms with Crippen molar-refractivity contribution < 1.29 is 23.8 Å². The van der Waals surface area contributed by atoms with E-state index < -0.39 is 17.9 Å². The Hall–Kier alpha value is -1.10. The second-order valence-electron chi connectivity index (χ2n) is 4.25. The molecule has 0 fully saturated rings.